The molecule has 7 nitrogen and oxygen atoms in total. The van der Waals surface area contributed by atoms with Crippen LogP contribution in [0.3, 0.4) is 0 Å². The predicted octanol–water partition coefficient (Wildman–Crippen LogP) is 2.25. The third kappa shape index (κ3) is 3.55. The molecule has 3 rings (SSSR count). The van der Waals surface area contributed by atoms with Crippen molar-refractivity contribution in [2.75, 3.05) is 27.4 Å². The fraction of sp³-hybridized carbons (Fsp3) is 0.400. The second-order valence-electron chi connectivity index (χ2n) is 6.46. The van der Waals surface area contributed by atoms with Crippen LogP contribution in [0.1, 0.15) is 25.3 Å². The van der Waals surface area contributed by atoms with Crippen molar-refractivity contribution in [3.8, 4) is 11.5 Å². The predicted molar refractivity (Wildman–Crippen MR) is 98.0 cm³/mol. The average Bonchev–Trinajstić information content (AvgIpc) is 3.26. The van der Waals surface area contributed by atoms with Gasteiger partial charge in [0.25, 0.3) is 5.91 Å². The molecule has 1 atom stereocenters. The first-order valence-corrected chi connectivity index (χ1v) is 8.78. The number of ether oxygens (including phenoxy) is 3. The molecule has 2 aliphatic rings. The number of phenols is 1. The van der Waals surface area contributed by atoms with Crippen molar-refractivity contribution >= 4 is 18.0 Å². The van der Waals surface area contributed by atoms with Crippen molar-refractivity contribution in [1.29, 1.82) is 0 Å². The summed E-state index contributed by atoms with van der Waals surface area (Å²) in [5.74, 6) is -0.721. The molecule has 1 amide bonds. The van der Waals surface area contributed by atoms with Gasteiger partial charge in [0.15, 0.2) is 11.5 Å². The van der Waals surface area contributed by atoms with Crippen molar-refractivity contribution in [3.63, 3.8) is 0 Å². The van der Waals surface area contributed by atoms with E-state index >= 15 is 0 Å². The molecule has 144 valence electrons. The average molecular weight is 373 g/mol. The van der Waals surface area contributed by atoms with E-state index in [2.05, 4.69) is 0 Å². The zero-order valence-electron chi connectivity index (χ0n) is 15.7. The SMILES string of the molecule is COC(=O)C1=C(C)N(CC2CCCO2)C(=O)C1=Cc1cccc(OC)c1O. The number of benzene rings is 1. The van der Waals surface area contributed by atoms with Gasteiger partial charge in [0.1, 0.15) is 0 Å². The second kappa shape index (κ2) is 7.84. The molecule has 0 radical (unpaired) electrons. The number of allylic oxidation sites excluding steroid dienone is 1. The van der Waals surface area contributed by atoms with Crippen LogP contribution in [-0.2, 0) is 19.1 Å². The van der Waals surface area contributed by atoms with Gasteiger partial charge in [-0.1, -0.05) is 12.1 Å². The number of para-hydroxylation sites is 1. The molecule has 0 spiro atoms. The molecule has 1 unspecified atom stereocenters. The first-order chi connectivity index (χ1) is 13.0. The normalized spacial score (nSPS) is 21.3. The van der Waals surface area contributed by atoms with Crippen LogP contribution in [0, 0.1) is 0 Å². The van der Waals surface area contributed by atoms with Gasteiger partial charge in [-0.25, -0.2) is 4.79 Å². The number of rotatable bonds is 5. The van der Waals surface area contributed by atoms with Crippen molar-refractivity contribution in [3.05, 3.63) is 40.6 Å². The second-order valence-corrected chi connectivity index (χ2v) is 6.46. The maximum atomic E-state index is 13.0. The summed E-state index contributed by atoms with van der Waals surface area (Å²) >= 11 is 0. The first kappa shape index (κ1) is 19.0. The number of esters is 1. The first-order valence-electron chi connectivity index (χ1n) is 8.78. The van der Waals surface area contributed by atoms with E-state index < -0.39 is 5.97 Å². The minimum atomic E-state index is -0.593. The molecule has 1 aromatic carbocycles. The highest BCUT2D eigenvalue weighted by atomic mass is 16.5. The largest absolute Gasteiger partial charge is 0.504 e. The summed E-state index contributed by atoms with van der Waals surface area (Å²) < 4.78 is 15.6. The van der Waals surface area contributed by atoms with Crippen molar-refractivity contribution in [2.24, 2.45) is 0 Å². The number of nitrogens with zero attached hydrogens (tertiary/aromatic N) is 1. The Labute approximate surface area is 157 Å². The van der Waals surface area contributed by atoms with Crippen LogP contribution >= 0.6 is 0 Å². The smallest absolute Gasteiger partial charge is 0.340 e. The molecule has 7 heteroatoms. The van der Waals surface area contributed by atoms with E-state index in [0.29, 0.717) is 24.4 Å². The maximum absolute atomic E-state index is 13.0. The Morgan fingerprint density at radius 3 is 2.81 bits per heavy atom. The minimum Gasteiger partial charge on any atom is -0.504 e. The van der Waals surface area contributed by atoms with Crippen molar-refractivity contribution in [2.45, 2.75) is 25.9 Å². The van der Waals surface area contributed by atoms with Crippen molar-refractivity contribution < 1.29 is 28.9 Å². The number of methoxy groups -OCH3 is 2. The molecule has 2 aliphatic heterocycles. The van der Waals surface area contributed by atoms with E-state index in [-0.39, 0.29) is 34.7 Å². The van der Waals surface area contributed by atoms with Crippen molar-refractivity contribution in [1.82, 2.24) is 4.90 Å². The number of aromatic hydroxyl groups is 1. The lowest BCUT2D eigenvalue weighted by molar-refractivity contribution is -0.136. The number of carbonyl (C=O) groups is 2. The van der Waals surface area contributed by atoms with Crippen LogP contribution in [0.25, 0.3) is 6.08 Å². The molecule has 2 heterocycles. The van der Waals surface area contributed by atoms with Crippen LogP contribution in [0.2, 0.25) is 0 Å². The van der Waals surface area contributed by atoms with Crippen LogP contribution in [-0.4, -0.2) is 55.4 Å². The highest BCUT2D eigenvalue weighted by Gasteiger charge is 2.38. The lowest BCUT2D eigenvalue weighted by atomic mass is 10.0. The molecule has 0 aliphatic carbocycles. The van der Waals surface area contributed by atoms with E-state index in [1.165, 1.54) is 20.3 Å². The van der Waals surface area contributed by atoms with E-state index in [1.54, 1.807) is 30.0 Å². The quantitative estimate of drug-likeness (QED) is 0.629. The topological polar surface area (TPSA) is 85.3 Å². The van der Waals surface area contributed by atoms with Crippen LogP contribution in [0.15, 0.2) is 35.0 Å². The number of hydrogen-bond acceptors (Lipinski definition) is 6. The van der Waals surface area contributed by atoms with Crippen LogP contribution < -0.4 is 4.74 Å². The molecule has 1 fully saturated rings. The Kier molecular flexibility index (Phi) is 5.51. The van der Waals surface area contributed by atoms with Gasteiger partial charge in [-0.3, -0.25) is 4.79 Å². The van der Waals surface area contributed by atoms with E-state index in [9.17, 15) is 14.7 Å². The maximum Gasteiger partial charge on any atom is 0.340 e. The lowest BCUT2D eigenvalue weighted by Crippen LogP contribution is -2.33. The van der Waals surface area contributed by atoms with Crippen LogP contribution in [0.5, 0.6) is 11.5 Å². The van der Waals surface area contributed by atoms with Gasteiger partial charge in [-0.15, -0.1) is 0 Å². The van der Waals surface area contributed by atoms with Crippen LogP contribution in [0.4, 0.5) is 0 Å². The van der Waals surface area contributed by atoms with E-state index in [1.807, 2.05) is 0 Å². The molecule has 1 aromatic rings. The fourth-order valence-electron chi connectivity index (χ4n) is 3.42. The molecular formula is C20H23NO6. The molecule has 1 N–H and O–H groups in total. The summed E-state index contributed by atoms with van der Waals surface area (Å²) in [6.07, 6.45) is 3.28. The van der Waals surface area contributed by atoms with E-state index in [0.717, 1.165) is 12.8 Å². The Hall–Kier alpha value is -2.80. The van der Waals surface area contributed by atoms with Gasteiger partial charge in [0.2, 0.25) is 0 Å². The fourth-order valence-corrected chi connectivity index (χ4v) is 3.42. The molecular weight excluding hydrogens is 350 g/mol. The van der Waals surface area contributed by atoms with Gasteiger partial charge in [0, 0.05) is 17.9 Å². The van der Waals surface area contributed by atoms with Gasteiger partial charge in [-0.05, 0) is 31.9 Å². The highest BCUT2D eigenvalue weighted by Crippen LogP contribution is 2.36. The van der Waals surface area contributed by atoms with Gasteiger partial charge >= 0.3 is 5.97 Å². The third-order valence-corrected chi connectivity index (χ3v) is 4.86. The lowest BCUT2D eigenvalue weighted by Gasteiger charge is -2.21. The summed E-state index contributed by atoms with van der Waals surface area (Å²) in [6, 6.07) is 4.95. The molecule has 0 saturated carbocycles. The summed E-state index contributed by atoms with van der Waals surface area (Å²) in [7, 11) is 2.72. The number of amides is 1. The Morgan fingerprint density at radius 2 is 2.19 bits per heavy atom. The Balaban J connectivity index is 2.02. The third-order valence-electron chi connectivity index (χ3n) is 4.86. The molecule has 0 aromatic heterocycles. The Bertz CT molecular complexity index is 820. The Morgan fingerprint density at radius 1 is 1.41 bits per heavy atom. The monoisotopic (exact) mass is 373 g/mol. The zero-order valence-corrected chi connectivity index (χ0v) is 15.7. The van der Waals surface area contributed by atoms with Gasteiger partial charge in [0.05, 0.1) is 38.0 Å². The summed E-state index contributed by atoms with van der Waals surface area (Å²) in [4.78, 5) is 26.9. The summed E-state index contributed by atoms with van der Waals surface area (Å²) in [6.45, 7) is 2.78. The number of carbonyl (C=O) groups excluding carboxylic acids is 2. The zero-order chi connectivity index (χ0) is 19.6. The number of phenolic OH excluding ortho intramolecular Hbond substituents is 1. The molecule has 27 heavy (non-hydrogen) atoms. The highest BCUT2D eigenvalue weighted by molar-refractivity contribution is 6.16. The summed E-state index contributed by atoms with van der Waals surface area (Å²) in [5.41, 5.74) is 1.28. The summed E-state index contributed by atoms with van der Waals surface area (Å²) in [5, 5.41) is 10.3. The molecule has 1 saturated heterocycles. The van der Waals surface area contributed by atoms with Gasteiger partial charge < -0.3 is 24.2 Å². The van der Waals surface area contributed by atoms with Gasteiger partial charge in [-0.2, -0.15) is 0 Å². The molecule has 0 bridgehead atoms. The van der Waals surface area contributed by atoms with E-state index in [4.69, 9.17) is 14.2 Å². The number of hydrogen-bond donors (Lipinski definition) is 1. The minimum absolute atomic E-state index is 0.0487. The standard InChI is InChI=1S/C20H23NO6/c1-12-17(20(24)26-3)15(10-13-6-4-8-16(25-2)18(13)22)19(23)21(12)11-14-7-5-9-27-14/h4,6,8,10,14,22H,5,7,9,11H2,1-3H3.